The minimum Gasteiger partial charge on any atom is -0.393 e. The van der Waals surface area contributed by atoms with Crippen LogP contribution in [0.5, 0.6) is 0 Å². The van der Waals surface area contributed by atoms with Crippen LogP contribution >= 0.6 is 0 Å². The lowest BCUT2D eigenvalue weighted by atomic mass is 10.1. The Morgan fingerprint density at radius 2 is 1.45 bits per heavy atom. The van der Waals surface area contributed by atoms with Gasteiger partial charge in [0.25, 0.3) is 0 Å². The highest BCUT2D eigenvalue weighted by molar-refractivity contribution is 7.89. The van der Waals surface area contributed by atoms with E-state index in [-0.39, 0.29) is 22.9 Å². The van der Waals surface area contributed by atoms with Crippen LogP contribution in [0.3, 0.4) is 0 Å². The zero-order valence-corrected chi connectivity index (χ0v) is 14.1. The molecule has 0 spiro atoms. The molecule has 0 amide bonds. The van der Waals surface area contributed by atoms with Crippen molar-refractivity contribution in [3.8, 4) is 0 Å². The van der Waals surface area contributed by atoms with Gasteiger partial charge < -0.3 is 5.11 Å². The number of hydrogen-bond acceptors (Lipinski definition) is 5. The van der Waals surface area contributed by atoms with E-state index in [1.54, 1.807) is 0 Å². The van der Waals surface area contributed by atoms with Crippen LogP contribution in [0.15, 0.2) is 34.1 Å². The summed E-state index contributed by atoms with van der Waals surface area (Å²) in [6, 6.07) is 5.19. The average molecular weight is 348 g/mol. The maximum absolute atomic E-state index is 12.5. The number of hydrogen-bond donors (Lipinski definition) is 1. The summed E-state index contributed by atoms with van der Waals surface area (Å²) in [5.41, 5.74) is 0. The lowest BCUT2D eigenvalue weighted by molar-refractivity contribution is 0.113. The maximum Gasteiger partial charge on any atom is 0.243 e. The summed E-state index contributed by atoms with van der Waals surface area (Å²) >= 11 is 0. The molecule has 0 saturated carbocycles. The minimum atomic E-state index is -3.65. The van der Waals surface area contributed by atoms with Crippen LogP contribution in [0.2, 0.25) is 0 Å². The number of aliphatic hydroxyl groups is 1. The molecule has 1 aromatic carbocycles. The van der Waals surface area contributed by atoms with Crippen LogP contribution in [0.25, 0.3) is 0 Å². The van der Waals surface area contributed by atoms with Gasteiger partial charge in [-0.05, 0) is 37.1 Å². The highest BCUT2D eigenvalue weighted by atomic mass is 32.2. The third-order valence-electron chi connectivity index (χ3n) is 3.66. The molecule has 1 heterocycles. The number of nitrogens with zero attached hydrogens (tertiary/aromatic N) is 2. The Bertz CT molecular complexity index is 718. The first-order valence-corrected chi connectivity index (χ1v) is 9.74. The Labute approximate surface area is 131 Å². The molecule has 0 radical (unpaired) electrons. The Balaban J connectivity index is 2.27. The number of rotatable bonds is 4. The molecule has 0 bridgehead atoms. The fraction of sp³-hybridized carbons (Fsp3) is 0.538. The van der Waals surface area contributed by atoms with Crippen LogP contribution in [0, 0.1) is 0 Å². The molecule has 1 aliphatic rings. The van der Waals surface area contributed by atoms with E-state index in [9.17, 15) is 21.9 Å². The Morgan fingerprint density at radius 1 is 1.00 bits per heavy atom. The van der Waals surface area contributed by atoms with E-state index >= 15 is 0 Å². The SMILES string of the molecule is CN(C)S(=O)(=O)c1ccc(S(=O)(=O)N2CCC(O)CC2)cc1. The molecule has 1 aromatic rings. The lowest BCUT2D eigenvalue weighted by Gasteiger charge is -2.28. The van der Waals surface area contributed by atoms with Crippen LogP contribution in [0.1, 0.15) is 12.8 Å². The van der Waals surface area contributed by atoms with Crippen molar-refractivity contribution in [3.05, 3.63) is 24.3 Å². The first-order chi connectivity index (χ1) is 10.2. The molecule has 0 atom stereocenters. The van der Waals surface area contributed by atoms with E-state index in [4.69, 9.17) is 0 Å². The summed E-state index contributed by atoms with van der Waals surface area (Å²) in [6.07, 6.45) is 0.359. The van der Waals surface area contributed by atoms with Gasteiger partial charge in [0, 0.05) is 27.2 Å². The lowest BCUT2D eigenvalue weighted by Crippen LogP contribution is -2.40. The Kier molecular flexibility index (Phi) is 4.93. The third kappa shape index (κ3) is 3.33. The molecule has 0 unspecified atom stereocenters. The smallest absolute Gasteiger partial charge is 0.243 e. The van der Waals surface area contributed by atoms with Crippen molar-refractivity contribution >= 4 is 20.0 Å². The van der Waals surface area contributed by atoms with Gasteiger partial charge in [-0.3, -0.25) is 0 Å². The van der Waals surface area contributed by atoms with E-state index < -0.39 is 26.2 Å². The van der Waals surface area contributed by atoms with Crippen LogP contribution in [0.4, 0.5) is 0 Å². The fourth-order valence-electron chi connectivity index (χ4n) is 2.23. The van der Waals surface area contributed by atoms with Gasteiger partial charge in [0.1, 0.15) is 0 Å². The van der Waals surface area contributed by atoms with Gasteiger partial charge in [-0.15, -0.1) is 0 Å². The van der Waals surface area contributed by atoms with Crippen molar-refractivity contribution in [1.82, 2.24) is 8.61 Å². The normalized spacial score (nSPS) is 18.7. The molecular weight excluding hydrogens is 328 g/mol. The van der Waals surface area contributed by atoms with Crippen LogP contribution in [-0.2, 0) is 20.0 Å². The van der Waals surface area contributed by atoms with Crippen molar-refractivity contribution in [2.75, 3.05) is 27.2 Å². The van der Waals surface area contributed by atoms with Crippen molar-refractivity contribution in [2.45, 2.75) is 28.7 Å². The van der Waals surface area contributed by atoms with Crippen molar-refractivity contribution < 1.29 is 21.9 Å². The van der Waals surface area contributed by atoms with E-state index in [2.05, 4.69) is 0 Å². The van der Waals surface area contributed by atoms with E-state index in [0.29, 0.717) is 12.8 Å². The molecular formula is C13H20N2O5S2. The van der Waals surface area contributed by atoms with E-state index in [1.165, 1.54) is 42.7 Å². The van der Waals surface area contributed by atoms with Crippen molar-refractivity contribution in [2.24, 2.45) is 0 Å². The number of sulfonamides is 2. The Morgan fingerprint density at radius 3 is 1.91 bits per heavy atom. The molecule has 124 valence electrons. The standard InChI is InChI=1S/C13H20N2O5S2/c1-14(2)21(17,18)12-3-5-13(6-4-12)22(19,20)15-9-7-11(16)8-10-15/h3-6,11,16H,7-10H2,1-2H3. The Hall–Kier alpha value is -1.00. The second kappa shape index (κ2) is 6.25. The number of aliphatic hydroxyl groups excluding tert-OH is 1. The average Bonchev–Trinajstić information content (AvgIpc) is 2.47. The molecule has 0 aromatic heterocycles. The fourth-order valence-corrected chi connectivity index (χ4v) is 4.60. The summed E-state index contributed by atoms with van der Waals surface area (Å²) < 4.78 is 51.3. The van der Waals surface area contributed by atoms with Gasteiger partial charge in [-0.1, -0.05) is 0 Å². The highest BCUT2D eigenvalue weighted by Gasteiger charge is 2.29. The molecule has 2 rings (SSSR count). The summed E-state index contributed by atoms with van der Waals surface area (Å²) in [4.78, 5) is 0.104. The van der Waals surface area contributed by atoms with Crippen molar-refractivity contribution in [3.63, 3.8) is 0 Å². The molecule has 1 fully saturated rings. The second-order valence-electron chi connectivity index (χ2n) is 5.39. The molecule has 1 saturated heterocycles. The molecule has 22 heavy (non-hydrogen) atoms. The van der Waals surface area contributed by atoms with Crippen LogP contribution in [-0.4, -0.2) is 63.8 Å². The molecule has 1 N–H and O–H groups in total. The van der Waals surface area contributed by atoms with E-state index in [0.717, 1.165) is 4.31 Å². The third-order valence-corrected chi connectivity index (χ3v) is 7.41. The largest absolute Gasteiger partial charge is 0.393 e. The number of benzene rings is 1. The molecule has 1 aliphatic heterocycles. The quantitative estimate of drug-likeness (QED) is 0.832. The first kappa shape index (κ1) is 17.4. The maximum atomic E-state index is 12.5. The summed E-state index contributed by atoms with van der Waals surface area (Å²) in [6.45, 7) is 0.530. The molecule has 7 nitrogen and oxygen atoms in total. The number of piperidine rings is 1. The summed E-state index contributed by atoms with van der Waals surface area (Å²) in [5.74, 6) is 0. The van der Waals surface area contributed by atoms with E-state index in [1.807, 2.05) is 0 Å². The second-order valence-corrected chi connectivity index (χ2v) is 9.48. The topological polar surface area (TPSA) is 95.0 Å². The molecule has 0 aliphatic carbocycles. The highest BCUT2D eigenvalue weighted by Crippen LogP contribution is 2.22. The predicted molar refractivity (Wildman–Crippen MR) is 81.3 cm³/mol. The van der Waals surface area contributed by atoms with Crippen LogP contribution < -0.4 is 0 Å². The van der Waals surface area contributed by atoms with Gasteiger partial charge >= 0.3 is 0 Å². The van der Waals surface area contributed by atoms with Gasteiger partial charge in [0.2, 0.25) is 20.0 Å². The monoisotopic (exact) mass is 348 g/mol. The summed E-state index contributed by atoms with van der Waals surface area (Å²) in [5, 5.41) is 9.45. The zero-order chi connectivity index (χ0) is 16.5. The zero-order valence-electron chi connectivity index (χ0n) is 12.5. The molecule has 9 heteroatoms. The summed E-state index contributed by atoms with van der Waals surface area (Å²) in [7, 11) is -4.40. The minimum absolute atomic E-state index is 0.0468. The van der Waals surface area contributed by atoms with Crippen molar-refractivity contribution in [1.29, 1.82) is 0 Å². The van der Waals surface area contributed by atoms with Gasteiger partial charge in [0.05, 0.1) is 15.9 Å². The van der Waals surface area contributed by atoms with Gasteiger partial charge in [-0.2, -0.15) is 4.31 Å². The predicted octanol–water partition coefficient (Wildman–Crippen LogP) is 0.0823. The van der Waals surface area contributed by atoms with Gasteiger partial charge in [0.15, 0.2) is 0 Å². The van der Waals surface area contributed by atoms with Gasteiger partial charge in [-0.25, -0.2) is 21.1 Å². The first-order valence-electron chi connectivity index (χ1n) is 6.86.